The average molecular weight is 769 g/mol. The Kier molecular flexibility index (Phi) is 41.5. The number of esters is 3. The second-order valence-electron chi connectivity index (χ2n) is 15.0. The predicted molar refractivity (Wildman–Crippen MR) is 233 cm³/mol. The zero-order valence-electron chi connectivity index (χ0n) is 35.9. The standard InChI is InChI=1S/C49H84O6/c1-4-7-10-13-16-19-22-24-25-28-30-33-36-39-42-48(51)54-45-46(44-53-47(50)41-38-35-32-29-26-21-18-15-12-9-6-3)55-49(52)43-40-37-34-31-27-23-20-17-14-11-8-5-2/h8,11,15,17-18,20-21,26-27,31,46H,4-7,9-10,12-14,16,19,22-25,28-30,32-45H2,1-3H3/b11-8-,18-15-,20-17-,26-21-,31-27-. The Balaban J connectivity index is 4.45. The van der Waals surface area contributed by atoms with Gasteiger partial charge in [-0.15, -0.1) is 0 Å². The number of allylic oxidation sites excluding steroid dienone is 10. The van der Waals surface area contributed by atoms with Gasteiger partial charge in [-0.3, -0.25) is 14.4 Å². The van der Waals surface area contributed by atoms with Crippen molar-refractivity contribution in [1.82, 2.24) is 0 Å². The van der Waals surface area contributed by atoms with E-state index in [1.54, 1.807) is 0 Å². The number of carbonyl (C=O) groups is 3. The monoisotopic (exact) mass is 769 g/mol. The fraction of sp³-hybridized carbons (Fsp3) is 0.735. The zero-order valence-corrected chi connectivity index (χ0v) is 35.9. The van der Waals surface area contributed by atoms with E-state index in [0.29, 0.717) is 19.3 Å². The largest absolute Gasteiger partial charge is 0.462 e. The lowest BCUT2D eigenvalue weighted by Crippen LogP contribution is -2.30. The smallest absolute Gasteiger partial charge is 0.306 e. The molecule has 1 unspecified atom stereocenters. The third-order valence-electron chi connectivity index (χ3n) is 9.53. The van der Waals surface area contributed by atoms with Crippen molar-refractivity contribution in [1.29, 1.82) is 0 Å². The van der Waals surface area contributed by atoms with Gasteiger partial charge in [-0.2, -0.15) is 0 Å². The first-order chi connectivity index (χ1) is 27.0. The molecule has 0 amide bonds. The van der Waals surface area contributed by atoms with Gasteiger partial charge in [-0.25, -0.2) is 0 Å². The van der Waals surface area contributed by atoms with Crippen LogP contribution in [0.25, 0.3) is 0 Å². The molecule has 0 spiro atoms. The molecule has 6 nitrogen and oxygen atoms in total. The van der Waals surface area contributed by atoms with Crippen molar-refractivity contribution in [3.63, 3.8) is 0 Å². The van der Waals surface area contributed by atoms with Crippen LogP contribution in [0.4, 0.5) is 0 Å². The first-order valence-electron chi connectivity index (χ1n) is 22.8. The van der Waals surface area contributed by atoms with Crippen molar-refractivity contribution >= 4 is 17.9 Å². The first-order valence-corrected chi connectivity index (χ1v) is 22.8. The van der Waals surface area contributed by atoms with Crippen LogP contribution in [0.3, 0.4) is 0 Å². The lowest BCUT2D eigenvalue weighted by atomic mass is 10.0. The highest BCUT2D eigenvalue weighted by molar-refractivity contribution is 5.71. The molecule has 0 saturated heterocycles. The highest BCUT2D eigenvalue weighted by Crippen LogP contribution is 2.14. The molecule has 0 aromatic carbocycles. The van der Waals surface area contributed by atoms with Gasteiger partial charge in [0.2, 0.25) is 0 Å². The van der Waals surface area contributed by atoms with Crippen LogP contribution in [-0.2, 0) is 28.6 Å². The Morgan fingerprint density at radius 1 is 0.400 bits per heavy atom. The summed E-state index contributed by atoms with van der Waals surface area (Å²) >= 11 is 0. The molecule has 0 rings (SSSR count). The molecule has 55 heavy (non-hydrogen) atoms. The molecule has 0 aromatic heterocycles. The second kappa shape index (κ2) is 43.8. The van der Waals surface area contributed by atoms with Gasteiger partial charge >= 0.3 is 17.9 Å². The van der Waals surface area contributed by atoms with E-state index in [1.165, 1.54) is 83.5 Å². The summed E-state index contributed by atoms with van der Waals surface area (Å²) in [5.41, 5.74) is 0. The molecule has 316 valence electrons. The van der Waals surface area contributed by atoms with Gasteiger partial charge in [0, 0.05) is 19.3 Å². The van der Waals surface area contributed by atoms with Crippen molar-refractivity contribution in [3.05, 3.63) is 60.8 Å². The van der Waals surface area contributed by atoms with E-state index in [4.69, 9.17) is 14.2 Å². The van der Waals surface area contributed by atoms with E-state index in [-0.39, 0.29) is 37.5 Å². The SMILES string of the molecule is CC/C=C\C/C=C\C/C=C\CCCCC(=O)OC(COC(=O)CCCCC/C=C\C=C/CCCC)COC(=O)CCCCCCCCCCCCCCCC. The number of carbonyl (C=O) groups excluding carboxylic acids is 3. The fourth-order valence-corrected chi connectivity index (χ4v) is 6.08. The Hall–Kier alpha value is -2.89. The lowest BCUT2D eigenvalue weighted by Gasteiger charge is -2.18. The molecule has 0 heterocycles. The molecule has 0 radical (unpaired) electrons. The minimum Gasteiger partial charge on any atom is -0.462 e. The van der Waals surface area contributed by atoms with Gasteiger partial charge in [0.05, 0.1) is 0 Å². The Morgan fingerprint density at radius 3 is 1.31 bits per heavy atom. The van der Waals surface area contributed by atoms with Crippen LogP contribution < -0.4 is 0 Å². The van der Waals surface area contributed by atoms with Gasteiger partial charge in [0.15, 0.2) is 6.10 Å². The minimum absolute atomic E-state index is 0.0970. The summed E-state index contributed by atoms with van der Waals surface area (Å²) in [7, 11) is 0. The van der Waals surface area contributed by atoms with Crippen molar-refractivity contribution in [2.45, 2.75) is 219 Å². The molecule has 0 aliphatic rings. The summed E-state index contributed by atoms with van der Waals surface area (Å²) in [6.45, 7) is 6.40. The van der Waals surface area contributed by atoms with Crippen molar-refractivity contribution in [2.75, 3.05) is 13.2 Å². The van der Waals surface area contributed by atoms with Crippen LogP contribution in [0.5, 0.6) is 0 Å². The quantitative estimate of drug-likeness (QED) is 0.0203. The highest BCUT2D eigenvalue weighted by Gasteiger charge is 2.19. The highest BCUT2D eigenvalue weighted by atomic mass is 16.6. The number of ether oxygens (including phenoxy) is 3. The van der Waals surface area contributed by atoms with E-state index in [0.717, 1.165) is 83.5 Å². The predicted octanol–water partition coefficient (Wildman–Crippen LogP) is 14.5. The number of hydrogen-bond acceptors (Lipinski definition) is 6. The van der Waals surface area contributed by atoms with Gasteiger partial charge in [0.25, 0.3) is 0 Å². The van der Waals surface area contributed by atoms with E-state index in [1.807, 2.05) is 0 Å². The van der Waals surface area contributed by atoms with E-state index in [2.05, 4.69) is 81.5 Å². The third kappa shape index (κ3) is 42.1. The third-order valence-corrected chi connectivity index (χ3v) is 9.53. The summed E-state index contributed by atoms with van der Waals surface area (Å²) in [5, 5.41) is 0. The second-order valence-corrected chi connectivity index (χ2v) is 15.0. The maximum Gasteiger partial charge on any atom is 0.306 e. The number of rotatable bonds is 40. The van der Waals surface area contributed by atoms with Crippen LogP contribution in [-0.4, -0.2) is 37.2 Å². The Bertz CT molecular complexity index is 1020. The van der Waals surface area contributed by atoms with Gasteiger partial charge in [-0.05, 0) is 70.6 Å². The van der Waals surface area contributed by atoms with Gasteiger partial charge in [-0.1, -0.05) is 184 Å². The molecule has 0 saturated carbocycles. The van der Waals surface area contributed by atoms with Crippen LogP contribution in [0.1, 0.15) is 213 Å². The maximum atomic E-state index is 12.7. The summed E-state index contributed by atoms with van der Waals surface area (Å²) in [4.78, 5) is 37.7. The molecule has 6 heteroatoms. The average Bonchev–Trinajstić information content (AvgIpc) is 3.18. The van der Waals surface area contributed by atoms with E-state index in [9.17, 15) is 14.4 Å². The van der Waals surface area contributed by atoms with Crippen LogP contribution >= 0.6 is 0 Å². The Labute approximate surface area is 339 Å². The summed E-state index contributed by atoms with van der Waals surface area (Å²) in [5.74, 6) is -0.969. The minimum atomic E-state index is -0.800. The lowest BCUT2D eigenvalue weighted by molar-refractivity contribution is -0.167. The summed E-state index contributed by atoms with van der Waals surface area (Å²) in [6, 6.07) is 0. The number of unbranched alkanes of at least 4 members (excludes halogenated alkanes) is 20. The van der Waals surface area contributed by atoms with Gasteiger partial charge < -0.3 is 14.2 Å². The molecule has 0 aliphatic carbocycles. The van der Waals surface area contributed by atoms with E-state index < -0.39 is 6.10 Å². The zero-order chi connectivity index (χ0) is 40.1. The van der Waals surface area contributed by atoms with Crippen molar-refractivity contribution < 1.29 is 28.6 Å². The summed E-state index contributed by atoms with van der Waals surface area (Å²) < 4.78 is 16.6. The van der Waals surface area contributed by atoms with E-state index >= 15 is 0 Å². The first kappa shape index (κ1) is 52.1. The van der Waals surface area contributed by atoms with Crippen LogP contribution in [0.2, 0.25) is 0 Å². The molecular formula is C49H84O6. The molecular weight excluding hydrogens is 685 g/mol. The summed E-state index contributed by atoms with van der Waals surface area (Å²) in [6.07, 6.45) is 52.1. The number of hydrogen-bond donors (Lipinski definition) is 0. The molecule has 0 fully saturated rings. The van der Waals surface area contributed by atoms with Crippen LogP contribution in [0, 0.1) is 0 Å². The maximum absolute atomic E-state index is 12.7. The fourth-order valence-electron chi connectivity index (χ4n) is 6.08. The molecule has 0 N–H and O–H groups in total. The molecule has 0 aliphatic heterocycles. The van der Waals surface area contributed by atoms with Crippen LogP contribution in [0.15, 0.2) is 60.8 Å². The molecule has 0 bridgehead atoms. The Morgan fingerprint density at radius 2 is 0.782 bits per heavy atom. The van der Waals surface area contributed by atoms with Gasteiger partial charge in [0.1, 0.15) is 13.2 Å². The van der Waals surface area contributed by atoms with Crippen molar-refractivity contribution in [2.24, 2.45) is 0 Å². The van der Waals surface area contributed by atoms with Crippen molar-refractivity contribution in [3.8, 4) is 0 Å². The molecule has 0 aromatic rings. The molecule has 1 atom stereocenters. The normalized spacial score (nSPS) is 12.6. The topological polar surface area (TPSA) is 78.9 Å².